The van der Waals surface area contributed by atoms with Crippen molar-refractivity contribution < 1.29 is 13.9 Å². The maximum atomic E-state index is 15.5. The summed E-state index contributed by atoms with van der Waals surface area (Å²) in [4.78, 5) is 26.3. The van der Waals surface area contributed by atoms with Crippen LogP contribution in [0.2, 0.25) is 0 Å². The first kappa shape index (κ1) is 29.5. The predicted molar refractivity (Wildman–Crippen MR) is 174 cm³/mol. The molecule has 3 aromatic carbocycles. The molecule has 226 valence electrons. The minimum absolute atomic E-state index is 0.123. The summed E-state index contributed by atoms with van der Waals surface area (Å²) in [6.45, 7) is 8.88. The summed E-state index contributed by atoms with van der Waals surface area (Å²) in [5, 5.41) is 3.35. The number of hydrogen-bond donors (Lipinski definition) is 1. The fourth-order valence-electron chi connectivity index (χ4n) is 5.89. The number of aromatic nitrogens is 2. The molecule has 1 N–H and O–H groups in total. The number of hydrogen-bond acceptors (Lipinski definition) is 7. The summed E-state index contributed by atoms with van der Waals surface area (Å²) >= 11 is 0. The molecule has 0 saturated carbocycles. The van der Waals surface area contributed by atoms with E-state index in [9.17, 15) is 4.79 Å². The molecular formula is C36H38FN5O2. The number of nitrogens with zero attached hydrogens (tertiary/aromatic N) is 4. The SMILES string of the molecule is C=CC(=O)Cc1ccc(F)c(-c2nc(Nc3cccc(N4CCCCC4)c3)ncc2Cc2ccc(N3CCOCC3)cc2)c1. The molecule has 2 aliphatic rings. The van der Waals surface area contributed by atoms with E-state index in [-0.39, 0.29) is 12.2 Å². The summed E-state index contributed by atoms with van der Waals surface area (Å²) in [6.07, 6.45) is 7.41. The van der Waals surface area contributed by atoms with Gasteiger partial charge in [0.05, 0.1) is 18.9 Å². The molecule has 6 rings (SSSR count). The van der Waals surface area contributed by atoms with Gasteiger partial charge < -0.3 is 19.9 Å². The van der Waals surface area contributed by atoms with E-state index in [1.54, 1.807) is 18.3 Å². The first-order valence-electron chi connectivity index (χ1n) is 15.4. The highest BCUT2D eigenvalue weighted by Crippen LogP contribution is 2.30. The molecule has 2 fully saturated rings. The zero-order valence-electron chi connectivity index (χ0n) is 25.0. The van der Waals surface area contributed by atoms with Gasteiger partial charge in [-0.05, 0) is 78.9 Å². The predicted octanol–water partition coefficient (Wildman–Crippen LogP) is 6.74. The van der Waals surface area contributed by atoms with Crippen LogP contribution in [-0.4, -0.2) is 55.1 Å². The average molecular weight is 592 g/mol. The molecule has 7 nitrogen and oxygen atoms in total. The first-order valence-corrected chi connectivity index (χ1v) is 15.4. The number of benzene rings is 3. The second kappa shape index (κ2) is 13.8. The molecule has 2 saturated heterocycles. The molecule has 0 radical (unpaired) electrons. The highest BCUT2D eigenvalue weighted by molar-refractivity contribution is 5.91. The molecule has 1 aromatic heterocycles. The lowest BCUT2D eigenvalue weighted by atomic mass is 9.97. The topological polar surface area (TPSA) is 70.6 Å². The van der Waals surface area contributed by atoms with Crippen molar-refractivity contribution in [1.82, 2.24) is 9.97 Å². The Morgan fingerprint density at radius 3 is 2.43 bits per heavy atom. The lowest BCUT2D eigenvalue weighted by Gasteiger charge is -2.29. The Labute approximate surface area is 258 Å². The number of allylic oxidation sites excluding steroid dienone is 1. The molecule has 4 aromatic rings. The van der Waals surface area contributed by atoms with E-state index < -0.39 is 5.82 Å². The van der Waals surface area contributed by atoms with Gasteiger partial charge in [-0.1, -0.05) is 30.8 Å². The smallest absolute Gasteiger partial charge is 0.227 e. The van der Waals surface area contributed by atoms with E-state index in [0.717, 1.165) is 67.6 Å². The monoisotopic (exact) mass is 591 g/mol. The molecule has 0 aliphatic carbocycles. The van der Waals surface area contributed by atoms with Crippen molar-refractivity contribution in [2.75, 3.05) is 54.5 Å². The molecule has 44 heavy (non-hydrogen) atoms. The van der Waals surface area contributed by atoms with E-state index in [1.165, 1.54) is 31.4 Å². The van der Waals surface area contributed by atoms with Crippen LogP contribution in [0.3, 0.4) is 0 Å². The van der Waals surface area contributed by atoms with Gasteiger partial charge in [-0.3, -0.25) is 4.79 Å². The Hall–Kier alpha value is -4.56. The van der Waals surface area contributed by atoms with Crippen molar-refractivity contribution in [2.45, 2.75) is 32.1 Å². The quantitative estimate of drug-likeness (QED) is 0.205. The molecule has 0 atom stereocenters. The molecule has 0 amide bonds. The van der Waals surface area contributed by atoms with Gasteiger partial charge in [0.25, 0.3) is 0 Å². The zero-order chi connectivity index (χ0) is 30.3. The Balaban J connectivity index is 1.31. The molecule has 0 spiro atoms. The minimum atomic E-state index is -0.402. The van der Waals surface area contributed by atoms with Crippen molar-refractivity contribution in [3.8, 4) is 11.3 Å². The van der Waals surface area contributed by atoms with Crippen LogP contribution in [0.1, 0.15) is 36.0 Å². The normalized spacial score (nSPS) is 15.2. The third kappa shape index (κ3) is 7.14. The van der Waals surface area contributed by atoms with Crippen LogP contribution in [0.15, 0.2) is 85.6 Å². The summed E-state index contributed by atoms with van der Waals surface area (Å²) in [7, 11) is 0. The number of ether oxygens (including phenoxy) is 1. The number of rotatable bonds is 10. The van der Waals surface area contributed by atoms with Crippen LogP contribution in [-0.2, 0) is 22.4 Å². The fourth-order valence-corrected chi connectivity index (χ4v) is 5.89. The van der Waals surface area contributed by atoms with Crippen LogP contribution in [0.4, 0.5) is 27.4 Å². The summed E-state index contributed by atoms with van der Waals surface area (Å²) in [5.74, 6) is -0.142. The van der Waals surface area contributed by atoms with Crippen molar-refractivity contribution >= 4 is 28.8 Å². The number of morpholine rings is 1. The van der Waals surface area contributed by atoms with Crippen molar-refractivity contribution in [1.29, 1.82) is 0 Å². The standard InChI is InChI=1S/C36H38FN5O2/c1-2-32(43)22-27-11-14-34(37)33(23-27)35-28(21-26-9-12-30(13-10-26)42-17-19-44-20-18-42)25-38-36(40-35)39-29-7-6-8-31(24-29)41-15-4-3-5-16-41/h2,6-14,23-25H,1,3-5,15-22H2,(H,38,39,40). The van der Waals surface area contributed by atoms with Crippen molar-refractivity contribution in [3.05, 3.63) is 108 Å². The fraction of sp³-hybridized carbons (Fsp3) is 0.306. The number of carbonyl (C=O) groups is 1. The summed E-state index contributed by atoms with van der Waals surface area (Å²) in [5.41, 5.74) is 6.60. The van der Waals surface area contributed by atoms with Gasteiger partial charge in [-0.2, -0.15) is 0 Å². The molecule has 8 heteroatoms. The highest BCUT2D eigenvalue weighted by atomic mass is 19.1. The molecule has 3 heterocycles. The number of nitrogens with one attached hydrogen (secondary N) is 1. The van der Waals surface area contributed by atoms with Gasteiger partial charge in [0.15, 0.2) is 5.78 Å². The summed E-state index contributed by atoms with van der Waals surface area (Å²) in [6, 6.07) is 21.4. The van der Waals surface area contributed by atoms with Gasteiger partial charge in [-0.25, -0.2) is 14.4 Å². The van der Waals surface area contributed by atoms with Gasteiger partial charge in [0.2, 0.25) is 5.95 Å². The first-order chi connectivity index (χ1) is 21.6. The molecule has 2 aliphatic heterocycles. The van der Waals surface area contributed by atoms with Crippen LogP contribution < -0.4 is 15.1 Å². The molecular weight excluding hydrogens is 553 g/mol. The Kier molecular flexibility index (Phi) is 9.27. The van der Waals surface area contributed by atoms with Gasteiger partial charge >= 0.3 is 0 Å². The van der Waals surface area contributed by atoms with Crippen LogP contribution >= 0.6 is 0 Å². The van der Waals surface area contributed by atoms with Gasteiger partial charge in [0, 0.05) is 73.4 Å². The Morgan fingerprint density at radius 1 is 0.909 bits per heavy atom. The number of halogens is 1. The van der Waals surface area contributed by atoms with Crippen LogP contribution in [0, 0.1) is 5.82 Å². The Morgan fingerprint density at radius 2 is 1.66 bits per heavy atom. The average Bonchev–Trinajstić information content (AvgIpc) is 3.07. The van der Waals surface area contributed by atoms with E-state index in [2.05, 4.69) is 63.1 Å². The lowest BCUT2D eigenvalue weighted by Crippen LogP contribution is -2.36. The van der Waals surface area contributed by atoms with E-state index >= 15 is 4.39 Å². The van der Waals surface area contributed by atoms with Crippen LogP contribution in [0.5, 0.6) is 0 Å². The van der Waals surface area contributed by atoms with Crippen molar-refractivity contribution in [3.63, 3.8) is 0 Å². The zero-order valence-corrected chi connectivity index (χ0v) is 25.0. The molecule has 0 bridgehead atoms. The van der Waals surface area contributed by atoms with E-state index in [4.69, 9.17) is 9.72 Å². The second-order valence-corrected chi connectivity index (χ2v) is 11.4. The van der Waals surface area contributed by atoms with E-state index in [1.807, 2.05) is 12.1 Å². The largest absolute Gasteiger partial charge is 0.378 e. The third-order valence-corrected chi connectivity index (χ3v) is 8.29. The molecule has 0 unspecified atom stereocenters. The van der Waals surface area contributed by atoms with Gasteiger partial charge in [0.1, 0.15) is 5.82 Å². The number of carbonyl (C=O) groups excluding carboxylic acids is 1. The maximum Gasteiger partial charge on any atom is 0.227 e. The second-order valence-electron chi connectivity index (χ2n) is 11.4. The highest BCUT2D eigenvalue weighted by Gasteiger charge is 2.18. The Bertz CT molecular complexity index is 1610. The number of ketones is 1. The maximum absolute atomic E-state index is 15.5. The summed E-state index contributed by atoms with van der Waals surface area (Å²) < 4.78 is 21.0. The number of anilines is 4. The minimum Gasteiger partial charge on any atom is -0.378 e. The van der Waals surface area contributed by atoms with Crippen molar-refractivity contribution in [2.24, 2.45) is 0 Å². The van der Waals surface area contributed by atoms with Crippen LogP contribution in [0.25, 0.3) is 11.3 Å². The lowest BCUT2D eigenvalue weighted by molar-refractivity contribution is -0.114. The third-order valence-electron chi connectivity index (χ3n) is 8.29. The number of piperidine rings is 1. The van der Waals surface area contributed by atoms with Gasteiger partial charge in [-0.15, -0.1) is 0 Å². The van der Waals surface area contributed by atoms with E-state index in [0.29, 0.717) is 29.2 Å².